The number of sulfonamides is 1. The van der Waals surface area contributed by atoms with Crippen molar-refractivity contribution >= 4 is 32.4 Å². The van der Waals surface area contributed by atoms with Crippen molar-refractivity contribution in [3.63, 3.8) is 0 Å². The molecule has 0 saturated heterocycles. The summed E-state index contributed by atoms with van der Waals surface area (Å²) in [6, 6.07) is 10.6. The quantitative estimate of drug-likeness (QED) is 0.810. The van der Waals surface area contributed by atoms with Gasteiger partial charge in [-0.2, -0.15) is 0 Å². The topological polar surface area (TPSA) is 92.5 Å². The van der Waals surface area contributed by atoms with Crippen molar-refractivity contribution < 1.29 is 13.2 Å². The molecule has 0 aromatic heterocycles. The van der Waals surface area contributed by atoms with Crippen LogP contribution >= 0.6 is 0 Å². The summed E-state index contributed by atoms with van der Waals surface area (Å²) < 4.78 is 27.1. The number of amides is 1. The number of anilines is 1. The van der Waals surface area contributed by atoms with Gasteiger partial charge in [-0.25, -0.2) is 8.42 Å². The Hall–Kier alpha value is -2.12. The Morgan fingerprint density at radius 3 is 2.50 bits per heavy atom. The van der Waals surface area contributed by atoms with Crippen molar-refractivity contribution in [1.82, 2.24) is 5.32 Å². The first kappa shape index (κ1) is 18.7. The summed E-state index contributed by atoms with van der Waals surface area (Å²) in [4.78, 5) is 12.9. The molecule has 0 bridgehead atoms. The van der Waals surface area contributed by atoms with E-state index in [1.165, 1.54) is 4.31 Å². The molecule has 0 radical (unpaired) electrons. The second-order valence-electron chi connectivity index (χ2n) is 7.55. The van der Waals surface area contributed by atoms with Crippen LogP contribution in [0, 0.1) is 5.92 Å². The van der Waals surface area contributed by atoms with Crippen LogP contribution < -0.4 is 15.4 Å². The van der Waals surface area contributed by atoms with Gasteiger partial charge in [0.15, 0.2) is 0 Å². The van der Waals surface area contributed by atoms with Gasteiger partial charge in [0.1, 0.15) is 6.54 Å². The van der Waals surface area contributed by atoms with Crippen LogP contribution in [0.1, 0.15) is 27.2 Å². The van der Waals surface area contributed by atoms with Crippen molar-refractivity contribution in [2.45, 2.75) is 37.6 Å². The molecular weight excluding hydrogens is 350 g/mol. The van der Waals surface area contributed by atoms with Crippen LogP contribution in [0.4, 0.5) is 5.69 Å². The molecule has 0 spiro atoms. The highest BCUT2D eigenvalue weighted by molar-refractivity contribution is 7.93. The zero-order valence-electron chi connectivity index (χ0n) is 15.3. The second kappa shape index (κ2) is 6.55. The van der Waals surface area contributed by atoms with E-state index in [1.807, 2.05) is 19.1 Å². The Morgan fingerprint density at radius 1 is 1.23 bits per heavy atom. The lowest BCUT2D eigenvalue weighted by Gasteiger charge is -2.32. The number of nitrogens with one attached hydrogen (secondary N) is 1. The highest BCUT2D eigenvalue weighted by Crippen LogP contribution is 2.41. The van der Waals surface area contributed by atoms with Crippen LogP contribution in [-0.2, 0) is 14.8 Å². The predicted octanol–water partition coefficient (Wildman–Crippen LogP) is 2.23. The minimum Gasteiger partial charge on any atom is -0.348 e. The Labute approximate surface area is 154 Å². The Bertz CT molecular complexity index is 950. The molecular formula is C19H25N3O3S. The fourth-order valence-corrected chi connectivity index (χ4v) is 5.39. The van der Waals surface area contributed by atoms with Gasteiger partial charge >= 0.3 is 0 Å². The van der Waals surface area contributed by atoms with E-state index in [0.717, 1.165) is 11.8 Å². The Kier molecular flexibility index (Phi) is 4.71. The van der Waals surface area contributed by atoms with Gasteiger partial charge in [-0.15, -0.1) is 0 Å². The van der Waals surface area contributed by atoms with E-state index in [1.54, 1.807) is 24.3 Å². The van der Waals surface area contributed by atoms with Crippen molar-refractivity contribution in [1.29, 1.82) is 0 Å². The molecule has 1 aliphatic rings. The van der Waals surface area contributed by atoms with Crippen LogP contribution in [0.2, 0.25) is 0 Å². The number of benzene rings is 2. The highest BCUT2D eigenvalue weighted by Gasteiger charge is 2.37. The lowest BCUT2D eigenvalue weighted by Crippen LogP contribution is -2.54. The minimum atomic E-state index is -3.74. The number of hydrogen-bond acceptors (Lipinski definition) is 4. The van der Waals surface area contributed by atoms with Crippen molar-refractivity contribution in [3.8, 4) is 0 Å². The normalized spacial score (nSPS) is 17.5. The summed E-state index contributed by atoms with van der Waals surface area (Å²) in [6.45, 7) is 6.03. The monoisotopic (exact) mass is 375 g/mol. The van der Waals surface area contributed by atoms with Gasteiger partial charge in [0.2, 0.25) is 5.91 Å². The van der Waals surface area contributed by atoms with E-state index >= 15 is 0 Å². The third kappa shape index (κ3) is 3.17. The number of rotatable bonds is 6. The number of carbonyl (C=O) groups excluding carboxylic acids is 1. The molecule has 3 rings (SSSR count). The molecule has 1 aliphatic heterocycles. The van der Waals surface area contributed by atoms with Crippen molar-refractivity contribution in [3.05, 3.63) is 36.4 Å². The summed E-state index contributed by atoms with van der Waals surface area (Å²) in [5.74, 6) is 0.00403. The van der Waals surface area contributed by atoms with Gasteiger partial charge < -0.3 is 11.1 Å². The zero-order chi connectivity index (χ0) is 19.1. The Balaban J connectivity index is 1.89. The zero-order valence-corrected chi connectivity index (χ0v) is 16.1. The SMILES string of the molecule is CC(C)CC(C)(CN)NC(=O)CN1c2cccc3cccc(c23)S1(=O)=O. The predicted molar refractivity (Wildman–Crippen MR) is 104 cm³/mol. The van der Waals surface area contributed by atoms with Gasteiger partial charge in [-0.05, 0) is 36.8 Å². The molecule has 1 unspecified atom stereocenters. The summed E-state index contributed by atoms with van der Waals surface area (Å²) in [5, 5.41) is 4.45. The average molecular weight is 375 g/mol. The first-order valence-electron chi connectivity index (χ1n) is 8.73. The van der Waals surface area contributed by atoms with Gasteiger partial charge in [0.25, 0.3) is 10.0 Å². The average Bonchev–Trinajstić information content (AvgIpc) is 2.78. The summed E-state index contributed by atoms with van der Waals surface area (Å²) in [6.07, 6.45) is 0.720. The molecule has 26 heavy (non-hydrogen) atoms. The summed E-state index contributed by atoms with van der Waals surface area (Å²) in [5.41, 5.74) is 5.84. The molecule has 2 aromatic rings. The Morgan fingerprint density at radius 2 is 1.88 bits per heavy atom. The van der Waals surface area contributed by atoms with Crippen LogP contribution in [0.5, 0.6) is 0 Å². The molecule has 7 heteroatoms. The van der Waals surface area contributed by atoms with Crippen molar-refractivity contribution in [2.75, 3.05) is 17.4 Å². The van der Waals surface area contributed by atoms with E-state index in [2.05, 4.69) is 19.2 Å². The number of carbonyl (C=O) groups is 1. The lowest BCUT2D eigenvalue weighted by atomic mass is 9.91. The van der Waals surface area contributed by atoms with E-state index in [0.29, 0.717) is 23.5 Å². The molecule has 1 amide bonds. The van der Waals surface area contributed by atoms with Gasteiger partial charge in [-0.1, -0.05) is 38.1 Å². The molecule has 6 nitrogen and oxygen atoms in total. The van der Waals surface area contributed by atoms with E-state index < -0.39 is 15.6 Å². The summed E-state index contributed by atoms with van der Waals surface area (Å²) >= 11 is 0. The van der Waals surface area contributed by atoms with Gasteiger partial charge in [0.05, 0.1) is 10.6 Å². The number of nitrogens with zero attached hydrogens (tertiary/aromatic N) is 1. The van der Waals surface area contributed by atoms with Gasteiger partial charge in [-0.3, -0.25) is 9.10 Å². The maximum atomic E-state index is 12.9. The molecule has 140 valence electrons. The number of hydrogen-bond donors (Lipinski definition) is 2. The molecule has 1 heterocycles. The maximum absolute atomic E-state index is 12.9. The molecule has 0 saturated carbocycles. The van der Waals surface area contributed by atoms with Crippen LogP contribution in [0.3, 0.4) is 0 Å². The molecule has 3 N–H and O–H groups in total. The van der Waals surface area contributed by atoms with Crippen LogP contribution in [0.15, 0.2) is 41.3 Å². The van der Waals surface area contributed by atoms with Gasteiger partial charge in [0, 0.05) is 17.5 Å². The standard InChI is InChI=1S/C19H25N3O3S/c1-13(2)10-19(3,12-20)21-17(23)11-22-15-8-4-6-14-7-5-9-16(18(14)15)26(22,24)25/h4-9,13H,10-12,20H2,1-3H3,(H,21,23). The first-order valence-corrected chi connectivity index (χ1v) is 10.2. The summed E-state index contributed by atoms with van der Waals surface area (Å²) in [7, 11) is -3.74. The van der Waals surface area contributed by atoms with E-state index in [4.69, 9.17) is 5.73 Å². The van der Waals surface area contributed by atoms with E-state index in [9.17, 15) is 13.2 Å². The molecule has 2 aromatic carbocycles. The molecule has 0 aliphatic carbocycles. The van der Waals surface area contributed by atoms with Crippen LogP contribution in [0.25, 0.3) is 10.8 Å². The third-order valence-corrected chi connectivity index (χ3v) is 6.52. The molecule has 0 fully saturated rings. The minimum absolute atomic E-state index is 0.252. The highest BCUT2D eigenvalue weighted by atomic mass is 32.2. The number of nitrogens with two attached hydrogens (primary N) is 1. The smallest absolute Gasteiger partial charge is 0.265 e. The first-order chi connectivity index (χ1) is 12.2. The fourth-order valence-electron chi connectivity index (χ4n) is 3.72. The molecule has 1 atom stereocenters. The van der Waals surface area contributed by atoms with Crippen LogP contribution in [-0.4, -0.2) is 33.0 Å². The van der Waals surface area contributed by atoms with Crippen molar-refractivity contribution in [2.24, 2.45) is 11.7 Å². The second-order valence-corrected chi connectivity index (χ2v) is 9.38. The third-order valence-electron chi connectivity index (χ3n) is 4.72. The largest absolute Gasteiger partial charge is 0.348 e. The fraction of sp³-hybridized carbons (Fsp3) is 0.421. The van der Waals surface area contributed by atoms with E-state index in [-0.39, 0.29) is 17.3 Å². The lowest BCUT2D eigenvalue weighted by molar-refractivity contribution is -0.121. The maximum Gasteiger partial charge on any atom is 0.265 e.